The molecule has 4 aromatic rings. The van der Waals surface area contributed by atoms with Crippen LogP contribution in [0.2, 0.25) is 0 Å². The zero-order chi connectivity index (χ0) is 22.4. The maximum Gasteiger partial charge on any atom is 0.272 e. The van der Waals surface area contributed by atoms with E-state index >= 15 is 0 Å². The van der Waals surface area contributed by atoms with Gasteiger partial charge in [-0.1, -0.05) is 31.7 Å². The van der Waals surface area contributed by atoms with E-state index in [2.05, 4.69) is 24.0 Å². The molecule has 0 fully saturated rings. The molecule has 1 aliphatic rings. The quantitative estimate of drug-likeness (QED) is 0.416. The molecular weight excluding hydrogens is 446 g/mol. The average Bonchev–Trinajstić information content (AvgIpc) is 3.41. The second-order valence-electron chi connectivity index (χ2n) is 8.22. The lowest BCUT2D eigenvalue weighted by molar-refractivity contribution is -0.116. The van der Waals surface area contributed by atoms with Gasteiger partial charge in [-0.3, -0.25) is 18.6 Å². The van der Waals surface area contributed by atoms with Gasteiger partial charge in [-0.2, -0.15) is 0 Å². The maximum absolute atomic E-state index is 13.1. The Kier molecular flexibility index (Phi) is 5.42. The highest BCUT2D eigenvalue weighted by molar-refractivity contribution is 7.99. The number of fused-ring (bicyclic) bond motifs is 4. The summed E-state index contributed by atoms with van der Waals surface area (Å²) in [6.45, 7) is 7.66. The van der Waals surface area contributed by atoms with Crippen LogP contribution in [0, 0.1) is 12.8 Å². The van der Waals surface area contributed by atoms with E-state index in [1.54, 1.807) is 9.47 Å². The molecule has 1 aromatic carbocycles. The minimum Gasteiger partial charge on any atom is -0.490 e. The largest absolute Gasteiger partial charge is 0.490 e. The summed E-state index contributed by atoms with van der Waals surface area (Å²) in [4.78, 5) is 27.9. The predicted molar refractivity (Wildman–Crippen MR) is 127 cm³/mol. The lowest BCUT2D eigenvalue weighted by atomic mass is 10.1. The Morgan fingerprint density at radius 1 is 1.28 bits per heavy atom. The van der Waals surface area contributed by atoms with Crippen molar-refractivity contribution in [2.45, 2.75) is 32.5 Å². The molecule has 1 amide bonds. The first-order valence-corrected chi connectivity index (χ1v) is 12.3. The number of amides is 1. The number of anilines is 1. The molecule has 0 radical (unpaired) electrons. The number of aromatic nitrogens is 4. The molecule has 1 aliphatic heterocycles. The van der Waals surface area contributed by atoms with Crippen LogP contribution in [0.25, 0.3) is 16.0 Å². The Bertz CT molecular complexity index is 1390. The third-order valence-electron chi connectivity index (χ3n) is 5.33. The molecule has 0 bridgehead atoms. The van der Waals surface area contributed by atoms with Crippen molar-refractivity contribution in [2.75, 3.05) is 23.8 Å². The Hall–Kier alpha value is -2.85. The van der Waals surface area contributed by atoms with Crippen LogP contribution in [0.15, 0.2) is 39.6 Å². The number of benzene rings is 1. The number of nitrogens with zero attached hydrogens (tertiary/aromatic N) is 5. The van der Waals surface area contributed by atoms with E-state index in [1.807, 2.05) is 41.0 Å². The molecular formula is C22H23N5O3S2. The van der Waals surface area contributed by atoms with Crippen LogP contribution in [0.5, 0.6) is 5.75 Å². The summed E-state index contributed by atoms with van der Waals surface area (Å²) in [6.07, 6.45) is 0. The zero-order valence-corrected chi connectivity index (χ0v) is 19.7. The van der Waals surface area contributed by atoms with Crippen LogP contribution in [-0.2, 0) is 11.3 Å². The number of thioether (sulfide) groups is 1. The topological polar surface area (TPSA) is 81.7 Å². The first-order chi connectivity index (χ1) is 15.4. The summed E-state index contributed by atoms with van der Waals surface area (Å²) < 4.78 is 9.95. The molecule has 0 spiro atoms. The molecule has 3 aromatic heterocycles. The standard InChI is InChI=1S/C22H23N5O3S2/c1-13(2)11-26-20(29)19-15(6-9-31-19)27-21(26)23-24-22(27)32-12-18(28)25-7-8-30-17-5-4-14(3)10-16(17)25/h4-6,9-10,13H,7-8,11-12H2,1-3H3. The summed E-state index contributed by atoms with van der Waals surface area (Å²) in [5.41, 5.74) is 2.61. The fourth-order valence-electron chi connectivity index (χ4n) is 3.91. The number of rotatable bonds is 5. The average molecular weight is 470 g/mol. The van der Waals surface area contributed by atoms with Gasteiger partial charge < -0.3 is 9.64 Å². The van der Waals surface area contributed by atoms with Gasteiger partial charge in [-0.25, -0.2) is 0 Å². The number of hydrogen-bond donors (Lipinski definition) is 0. The number of carbonyl (C=O) groups is 1. The van der Waals surface area contributed by atoms with Crippen LogP contribution in [0.3, 0.4) is 0 Å². The van der Waals surface area contributed by atoms with Gasteiger partial charge in [0.25, 0.3) is 5.56 Å². The lowest BCUT2D eigenvalue weighted by Crippen LogP contribution is -2.39. The molecule has 0 unspecified atom stereocenters. The molecule has 8 nitrogen and oxygen atoms in total. The molecule has 0 saturated heterocycles. The van der Waals surface area contributed by atoms with Gasteiger partial charge in [0.05, 0.1) is 23.5 Å². The van der Waals surface area contributed by atoms with Crippen molar-refractivity contribution in [3.63, 3.8) is 0 Å². The zero-order valence-electron chi connectivity index (χ0n) is 18.1. The minimum absolute atomic E-state index is 0.0148. The Morgan fingerprint density at radius 3 is 2.94 bits per heavy atom. The highest BCUT2D eigenvalue weighted by Crippen LogP contribution is 2.33. The first-order valence-electron chi connectivity index (χ1n) is 10.5. The summed E-state index contributed by atoms with van der Waals surface area (Å²) in [5, 5.41) is 11.2. The second kappa shape index (κ2) is 8.25. The fourth-order valence-corrected chi connectivity index (χ4v) is 5.55. The summed E-state index contributed by atoms with van der Waals surface area (Å²) in [6, 6.07) is 7.77. The van der Waals surface area contributed by atoms with E-state index in [0.29, 0.717) is 35.3 Å². The predicted octanol–water partition coefficient (Wildman–Crippen LogP) is 3.59. The minimum atomic E-state index is -0.0449. The van der Waals surface area contributed by atoms with Crippen molar-refractivity contribution in [1.29, 1.82) is 0 Å². The van der Waals surface area contributed by atoms with Crippen LogP contribution in [0.4, 0.5) is 5.69 Å². The number of thiophene rings is 1. The normalized spacial score (nSPS) is 13.7. The Labute approximate surface area is 192 Å². The number of hydrogen-bond acceptors (Lipinski definition) is 7. The molecule has 4 heterocycles. The van der Waals surface area contributed by atoms with Crippen molar-refractivity contribution in [2.24, 2.45) is 5.92 Å². The van der Waals surface area contributed by atoms with E-state index in [1.165, 1.54) is 23.1 Å². The van der Waals surface area contributed by atoms with Gasteiger partial charge >= 0.3 is 0 Å². The molecule has 5 rings (SSSR count). The Balaban J connectivity index is 1.47. The first kappa shape index (κ1) is 21.0. The molecule has 10 heteroatoms. The third-order valence-corrected chi connectivity index (χ3v) is 7.14. The van der Waals surface area contributed by atoms with Crippen molar-refractivity contribution in [1.82, 2.24) is 19.2 Å². The van der Waals surface area contributed by atoms with Crippen molar-refractivity contribution in [3.05, 3.63) is 45.6 Å². The number of aryl methyl sites for hydroxylation is 1. The van der Waals surface area contributed by atoms with Crippen molar-refractivity contribution in [3.8, 4) is 5.75 Å². The van der Waals surface area contributed by atoms with Gasteiger partial charge in [-0.15, -0.1) is 21.5 Å². The van der Waals surface area contributed by atoms with Gasteiger partial charge in [0.15, 0.2) is 5.16 Å². The van der Waals surface area contributed by atoms with E-state index in [9.17, 15) is 9.59 Å². The monoisotopic (exact) mass is 469 g/mol. The van der Waals surface area contributed by atoms with Crippen LogP contribution in [-0.4, -0.2) is 44.0 Å². The van der Waals surface area contributed by atoms with E-state index < -0.39 is 0 Å². The maximum atomic E-state index is 13.1. The summed E-state index contributed by atoms with van der Waals surface area (Å²) in [7, 11) is 0. The Morgan fingerprint density at radius 2 is 2.12 bits per heavy atom. The SMILES string of the molecule is Cc1ccc2c(c1)N(C(=O)CSc1nnc3n(CC(C)C)c(=O)c4sccc4n13)CCO2. The highest BCUT2D eigenvalue weighted by atomic mass is 32.2. The smallest absolute Gasteiger partial charge is 0.272 e. The third kappa shape index (κ3) is 3.57. The van der Waals surface area contributed by atoms with E-state index in [4.69, 9.17) is 4.74 Å². The molecule has 0 atom stereocenters. The van der Waals surface area contributed by atoms with Crippen LogP contribution in [0.1, 0.15) is 19.4 Å². The number of carbonyl (C=O) groups excluding carboxylic acids is 1. The van der Waals surface area contributed by atoms with Gasteiger partial charge in [-0.05, 0) is 42.0 Å². The highest BCUT2D eigenvalue weighted by Gasteiger charge is 2.25. The van der Waals surface area contributed by atoms with Crippen molar-refractivity contribution < 1.29 is 9.53 Å². The molecule has 0 N–H and O–H groups in total. The fraction of sp³-hybridized carbons (Fsp3) is 0.364. The van der Waals surface area contributed by atoms with Crippen LogP contribution >= 0.6 is 23.1 Å². The summed E-state index contributed by atoms with van der Waals surface area (Å²) >= 11 is 2.75. The molecule has 166 valence electrons. The molecule has 32 heavy (non-hydrogen) atoms. The van der Waals surface area contributed by atoms with Gasteiger partial charge in [0.1, 0.15) is 17.1 Å². The van der Waals surface area contributed by atoms with Gasteiger partial charge in [0, 0.05) is 6.54 Å². The number of ether oxygens (including phenoxy) is 1. The van der Waals surface area contributed by atoms with Crippen molar-refractivity contribution >= 4 is 50.7 Å². The van der Waals surface area contributed by atoms with E-state index in [0.717, 1.165) is 22.5 Å². The van der Waals surface area contributed by atoms with Crippen LogP contribution < -0.4 is 15.2 Å². The summed E-state index contributed by atoms with van der Waals surface area (Å²) in [5.74, 6) is 1.72. The lowest BCUT2D eigenvalue weighted by Gasteiger charge is -2.29. The second-order valence-corrected chi connectivity index (χ2v) is 10.1. The van der Waals surface area contributed by atoms with Gasteiger partial charge in [0.2, 0.25) is 11.7 Å². The van der Waals surface area contributed by atoms with E-state index in [-0.39, 0.29) is 23.1 Å². The molecule has 0 saturated carbocycles. The molecule has 0 aliphatic carbocycles.